The average Bonchev–Trinajstić information content (AvgIpc) is 2.59. The van der Waals surface area contributed by atoms with Crippen LogP contribution in [0.2, 0.25) is 0 Å². The Morgan fingerprint density at radius 3 is 2.44 bits per heavy atom. The summed E-state index contributed by atoms with van der Waals surface area (Å²) in [6, 6.07) is 3.81. The Labute approximate surface area is 105 Å². The summed E-state index contributed by atoms with van der Waals surface area (Å²) < 4.78 is 13.2. The van der Waals surface area contributed by atoms with E-state index in [1.54, 1.807) is 0 Å². The number of H-pyrrole nitrogens is 1. The van der Waals surface area contributed by atoms with Crippen LogP contribution in [0.25, 0.3) is 0 Å². The van der Waals surface area contributed by atoms with Crippen molar-refractivity contribution in [2.75, 3.05) is 5.73 Å². The molecule has 1 aromatic carbocycles. The molecule has 94 valence electrons. The van der Waals surface area contributed by atoms with E-state index in [-0.39, 0.29) is 17.0 Å². The van der Waals surface area contributed by atoms with Gasteiger partial charge in [-0.1, -0.05) is 0 Å². The molecule has 0 aliphatic carbocycles. The number of nitrogens with two attached hydrogens (primary N) is 1. The van der Waals surface area contributed by atoms with Crippen molar-refractivity contribution in [2.24, 2.45) is 0 Å². The van der Waals surface area contributed by atoms with E-state index in [2.05, 4.69) is 4.98 Å². The lowest BCUT2D eigenvalue weighted by Gasteiger charge is -2.04. The van der Waals surface area contributed by atoms with Crippen LogP contribution in [0.15, 0.2) is 18.2 Å². The molecule has 0 atom stereocenters. The Morgan fingerprint density at radius 2 is 1.89 bits per heavy atom. The van der Waals surface area contributed by atoms with Crippen LogP contribution in [0.5, 0.6) is 0 Å². The molecule has 2 aromatic rings. The van der Waals surface area contributed by atoms with Gasteiger partial charge in [0.15, 0.2) is 0 Å². The number of aromatic nitrogens is 1. The van der Waals surface area contributed by atoms with Crippen LogP contribution in [0, 0.1) is 26.6 Å². The highest BCUT2D eigenvalue weighted by molar-refractivity contribution is 6.12. The first kappa shape index (κ1) is 12.4. The largest absolute Gasteiger partial charge is 0.398 e. The molecule has 0 aliphatic heterocycles. The van der Waals surface area contributed by atoms with Gasteiger partial charge in [-0.3, -0.25) is 4.79 Å². The van der Waals surface area contributed by atoms with Crippen molar-refractivity contribution in [2.45, 2.75) is 20.8 Å². The van der Waals surface area contributed by atoms with Gasteiger partial charge < -0.3 is 10.7 Å². The van der Waals surface area contributed by atoms with Crippen LogP contribution >= 0.6 is 0 Å². The number of aromatic amines is 1. The van der Waals surface area contributed by atoms with E-state index in [1.807, 2.05) is 20.8 Å². The van der Waals surface area contributed by atoms with Crippen molar-refractivity contribution >= 4 is 11.5 Å². The van der Waals surface area contributed by atoms with E-state index < -0.39 is 5.82 Å². The standard InChI is InChI=1S/C14H15FN2O/c1-7-8(2)13(17-9(7)3)14(18)11-6-10(15)4-5-12(11)16/h4-6,17H,16H2,1-3H3. The lowest BCUT2D eigenvalue weighted by atomic mass is 10.0. The van der Waals surface area contributed by atoms with Crippen molar-refractivity contribution < 1.29 is 9.18 Å². The maximum absolute atomic E-state index is 13.2. The fourth-order valence-corrected chi connectivity index (χ4v) is 1.93. The third-order valence-electron chi connectivity index (χ3n) is 3.30. The van der Waals surface area contributed by atoms with Crippen LogP contribution in [0.1, 0.15) is 32.9 Å². The molecule has 4 heteroatoms. The van der Waals surface area contributed by atoms with Crippen LogP contribution in [-0.4, -0.2) is 10.8 Å². The maximum atomic E-state index is 13.2. The van der Waals surface area contributed by atoms with Crippen molar-refractivity contribution in [1.29, 1.82) is 0 Å². The van der Waals surface area contributed by atoms with Gasteiger partial charge in [-0.2, -0.15) is 0 Å². The topological polar surface area (TPSA) is 58.9 Å². The number of nitrogens with one attached hydrogen (secondary N) is 1. The number of aryl methyl sites for hydroxylation is 1. The highest BCUT2D eigenvalue weighted by Gasteiger charge is 2.19. The molecule has 3 nitrogen and oxygen atoms in total. The van der Waals surface area contributed by atoms with Gasteiger partial charge in [-0.15, -0.1) is 0 Å². The van der Waals surface area contributed by atoms with Crippen molar-refractivity contribution in [1.82, 2.24) is 4.98 Å². The van der Waals surface area contributed by atoms with E-state index in [9.17, 15) is 9.18 Å². The van der Waals surface area contributed by atoms with Gasteiger partial charge in [0.1, 0.15) is 5.82 Å². The average molecular weight is 246 g/mol. The number of hydrogen-bond donors (Lipinski definition) is 2. The van der Waals surface area contributed by atoms with Crippen LogP contribution in [0.4, 0.5) is 10.1 Å². The zero-order valence-corrected chi connectivity index (χ0v) is 10.6. The number of halogens is 1. The molecule has 3 N–H and O–H groups in total. The predicted molar refractivity (Wildman–Crippen MR) is 69.2 cm³/mol. The fourth-order valence-electron chi connectivity index (χ4n) is 1.93. The first-order valence-electron chi connectivity index (χ1n) is 5.67. The molecule has 0 fully saturated rings. The molecule has 0 saturated heterocycles. The second kappa shape index (κ2) is 4.29. The van der Waals surface area contributed by atoms with Crippen LogP contribution in [0.3, 0.4) is 0 Å². The summed E-state index contributed by atoms with van der Waals surface area (Å²) in [6.07, 6.45) is 0. The van der Waals surface area contributed by atoms with Crippen LogP contribution in [-0.2, 0) is 0 Å². The van der Waals surface area contributed by atoms with E-state index >= 15 is 0 Å². The van der Waals surface area contributed by atoms with Gasteiger partial charge in [-0.25, -0.2) is 4.39 Å². The Bertz CT molecular complexity index is 629. The highest BCUT2D eigenvalue weighted by atomic mass is 19.1. The molecule has 0 radical (unpaired) electrons. The first-order chi connectivity index (χ1) is 8.41. The number of nitrogen functional groups attached to an aromatic ring is 1. The number of carbonyl (C=O) groups excluding carboxylic acids is 1. The zero-order chi connectivity index (χ0) is 13.4. The lowest BCUT2D eigenvalue weighted by molar-refractivity contribution is 0.103. The molecule has 0 saturated carbocycles. The van der Waals surface area contributed by atoms with Gasteiger partial charge >= 0.3 is 0 Å². The zero-order valence-electron chi connectivity index (χ0n) is 10.6. The van der Waals surface area contributed by atoms with Gasteiger partial charge in [0.2, 0.25) is 5.78 Å². The van der Waals surface area contributed by atoms with Gasteiger partial charge in [0.05, 0.1) is 5.69 Å². The van der Waals surface area contributed by atoms with Crippen LogP contribution < -0.4 is 5.73 Å². The molecule has 0 unspecified atom stereocenters. The molecule has 1 aromatic heterocycles. The quantitative estimate of drug-likeness (QED) is 0.632. The third kappa shape index (κ3) is 1.90. The number of carbonyl (C=O) groups is 1. The van der Waals surface area contributed by atoms with Gasteiger partial charge in [0, 0.05) is 16.9 Å². The third-order valence-corrected chi connectivity index (χ3v) is 3.30. The van der Waals surface area contributed by atoms with Gasteiger partial charge in [-0.05, 0) is 50.1 Å². The van der Waals surface area contributed by atoms with Crippen molar-refractivity contribution in [3.63, 3.8) is 0 Å². The summed E-state index contributed by atoms with van der Waals surface area (Å²) in [6.45, 7) is 5.70. The summed E-state index contributed by atoms with van der Waals surface area (Å²) >= 11 is 0. The Hall–Kier alpha value is -2.10. The Morgan fingerprint density at radius 1 is 1.22 bits per heavy atom. The molecular formula is C14H15FN2O. The molecule has 0 bridgehead atoms. The van der Waals surface area contributed by atoms with E-state index in [1.165, 1.54) is 18.2 Å². The van der Waals surface area contributed by atoms with Gasteiger partial charge in [0.25, 0.3) is 0 Å². The fraction of sp³-hybridized carbons (Fsp3) is 0.214. The number of ketones is 1. The second-order valence-corrected chi connectivity index (χ2v) is 4.44. The monoisotopic (exact) mass is 246 g/mol. The van der Waals surface area contributed by atoms with E-state index in [4.69, 9.17) is 5.73 Å². The minimum atomic E-state index is -0.467. The summed E-state index contributed by atoms with van der Waals surface area (Å²) in [7, 11) is 0. The van der Waals surface area contributed by atoms with Crippen molar-refractivity contribution in [3.05, 3.63) is 52.1 Å². The Balaban J connectivity index is 2.54. The smallest absolute Gasteiger partial charge is 0.211 e. The molecule has 18 heavy (non-hydrogen) atoms. The summed E-state index contributed by atoms with van der Waals surface area (Å²) in [5, 5.41) is 0. The second-order valence-electron chi connectivity index (χ2n) is 4.44. The summed E-state index contributed by atoms with van der Waals surface area (Å²) in [5.41, 5.74) is 9.52. The molecule has 0 spiro atoms. The molecule has 0 aliphatic rings. The maximum Gasteiger partial charge on any atom is 0.211 e. The highest BCUT2D eigenvalue weighted by Crippen LogP contribution is 2.22. The molecule has 1 heterocycles. The number of rotatable bonds is 2. The lowest BCUT2D eigenvalue weighted by Crippen LogP contribution is -2.07. The minimum Gasteiger partial charge on any atom is -0.398 e. The van der Waals surface area contributed by atoms with Crippen molar-refractivity contribution in [3.8, 4) is 0 Å². The number of anilines is 1. The molecule has 0 amide bonds. The predicted octanol–water partition coefficient (Wildman–Crippen LogP) is 2.89. The summed E-state index contributed by atoms with van der Waals surface area (Å²) in [4.78, 5) is 15.4. The van der Waals surface area contributed by atoms with E-state index in [0.29, 0.717) is 5.69 Å². The number of benzene rings is 1. The normalized spacial score (nSPS) is 10.7. The van der Waals surface area contributed by atoms with E-state index in [0.717, 1.165) is 16.8 Å². The Kier molecular flexibility index (Phi) is 2.95. The summed E-state index contributed by atoms with van der Waals surface area (Å²) in [5.74, 6) is -0.745. The number of hydrogen-bond acceptors (Lipinski definition) is 2. The SMILES string of the molecule is Cc1[nH]c(C(=O)c2cc(F)ccc2N)c(C)c1C. The molecule has 2 rings (SSSR count). The first-order valence-corrected chi connectivity index (χ1v) is 5.67. The molecular weight excluding hydrogens is 231 g/mol. The minimum absolute atomic E-state index is 0.194.